The quantitative estimate of drug-likeness (QED) is 0.613. The van der Waals surface area contributed by atoms with Gasteiger partial charge >= 0.3 is 0 Å². The van der Waals surface area contributed by atoms with Crippen LogP contribution in [0, 0.1) is 5.41 Å². The third-order valence-electron chi connectivity index (χ3n) is 3.25. The standard InChI is InChI=1S/C13H27NO/c1-12(2,3)11-7-9-15-10-8-14(11)13(4,5)6/h11H,7-10H2,1-6H3/t11-/m1/s1. The summed E-state index contributed by atoms with van der Waals surface area (Å²) in [6, 6.07) is 0.625. The maximum atomic E-state index is 5.60. The average molecular weight is 213 g/mol. The Morgan fingerprint density at radius 2 is 1.60 bits per heavy atom. The molecule has 0 aromatic rings. The molecule has 1 atom stereocenters. The van der Waals surface area contributed by atoms with Gasteiger partial charge in [0.1, 0.15) is 0 Å². The first kappa shape index (κ1) is 13.0. The normalized spacial score (nSPS) is 26.4. The summed E-state index contributed by atoms with van der Waals surface area (Å²) in [5.74, 6) is 0. The molecule has 1 rings (SSSR count). The number of nitrogens with zero attached hydrogens (tertiary/aromatic N) is 1. The third kappa shape index (κ3) is 3.46. The first-order valence-electron chi connectivity index (χ1n) is 6.07. The molecule has 0 spiro atoms. The largest absolute Gasteiger partial charge is 0.380 e. The van der Waals surface area contributed by atoms with E-state index in [-0.39, 0.29) is 5.54 Å². The van der Waals surface area contributed by atoms with Crippen molar-refractivity contribution in [3.05, 3.63) is 0 Å². The molecular weight excluding hydrogens is 186 g/mol. The number of hydrogen-bond donors (Lipinski definition) is 0. The monoisotopic (exact) mass is 213 g/mol. The van der Waals surface area contributed by atoms with Crippen LogP contribution in [0.2, 0.25) is 0 Å². The van der Waals surface area contributed by atoms with Gasteiger partial charge in [-0.25, -0.2) is 0 Å². The first-order valence-corrected chi connectivity index (χ1v) is 6.07. The van der Waals surface area contributed by atoms with Gasteiger partial charge in [0.2, 0.25) is 0 Å². The van der Waals surface area contributed by atoms with Crippen LogP contribution in [0.1, 0.15) is 48.0 Å². The van der Waals surface area contributed by atoms with Gasteiger partial charge in [-0.3, -0.25) is 4.90 Å². The number of rotatable bonds is 0. The van der Waals surface area contributed by atoms with E-state index in [1.54, 1.807) is 0 Å². The molecule has 1 aliphatic heterocycles. The molecule has 2 nitrogen and oxygen atoms in total. The predicted molar refractivity (Wildman–Crippen MR) is 65.1 cm³/mol. The highest BCUT2D eigenvalue weighted by molar-refractivity contribution is 4.90. The van der Waals surface area contributed by atoms with Crippen LogP contribution >= 0.6 is 0 Å². The van der Waals surface area contributed by atoms with E-state index >= 15 is 0 Å². The van der Waals surface area contributed by atoms with Crippen molar-refractivity contribution in [1.29, 1.82) is 0 Å². The summed E-state index contributed by atoms with van der Waals surface area (Å²) >= 11 is 0. The smallest absolute Gasteiger partial charge is 0.0593 e. The van der Waals surface area contributed by atoms with Gasteiger partial charge < -0.3 is 4.74 Å². The maximum Gasteiger partial charge on any atom is 0.0593 e. The molecule has 0 bridgehead atoms. The lowest BCUT2D eigenvalue weighted by molar-refractivity contribution is 0.0266. The Hall–Kier alpha value is -0.0800. The predicted octanol–water partition coefficient (Wildman–Crippen LogP) is 2.92. The Bertz CT molecular complexity index is 178. The van der Waals surface area contributed by atoms with Gasteiger partial charge in [0.15, 0.2) is 0 Å². The average Bonchev–Trinajstić information content (AvgIpc) is 2.24. The lowest BCUT2D eigenvalue weighted by Gasteiger charge is -2.46. The molecule has 1 heterocycles. The van der Waals surface area contributed by atoms with E-state index in [0.717, 1.165) is 26.2 Å². The van der Waals surface area contributed by atoms with Crippen LogP contribution in [0.3, 0.4) is 0 Å². The molecule has 0 amide bonds. The third-order valence-corrected chi connectivity index (χ3v) is 3.25. The van der Waals surface area contributed by atoms with Gasteiger partial charge in [-0.15, -0.1) is 0 Å². The molecule has 1 fully saturated rings. The van der Waals surface area contributed by atoms with E-state index in [1.165, 1.54) is 0 Å². The van der Waals surface area contributed by atoms with E-state index in [1.807, 2.05) is 0 Å². The van der Waals surface area contributed by atoms with Crippen molar-refractivity contribution in [3.8, 4) is 0 Å². The van der Waals surface area contributed by atoms with Gasteiger partial charge in [-0.05, 0) is 32.6 Å². The second kappa shape index (κ2) is 4.42. The molecule has 0 aromatic heterocycles. The molecule has 0 aromatic carbocycles. The molecule has 0 saturated carbocycles. The summed E-state index contributed by atoms with van der Waals surface area (Å²) in [5.41, 5.74) is 0.576. The molecule has 15 heavy (non-hydrogen) atoms. The van der Waals surface area contributed by atoms with Crippen LogP contribution in [0.4, 0.5) is 0 Å². The first-order chi connectivity index (χ1) is 6.73. The Morgan fingerprint density at radius 1 is 1.00 bits per heavy atom. The zero-order chi connectivity index (χ0) is 11.7. The van der Waals surface area contributed by atoms with E-state index < -0.39 is 0 Å². The summed E-state index contributed by atoms with van der Waals surface area (Å²) in [6.45, 7) is 16.8. The van der Waals surface area contributed by atoms with Crippen molar-refractivity contribution in [1.82, 2.24) is 4.90 Å². The Balaban J connectivity index is 2.86. The molecule has 0 unspecified atom stereocenters. The van der Waals surface area contributed by atoms with Gasteiger partial charge in [-0.2, -0.15) is 0 Å². The Morgan fingerprint density at radius 3 is 2.07 bits per heavy atom. The molecule has 1 aliphatic rings. The van der Waals surface area contributed by atoms with Gasteiger partial charge in [0.05, 0.1) is 6.61 Å². The highest BCUT2D eigenvalue weighted by Gasteiger charge is 2.36. The summed E-state index contributed by atoms with van der Waals surface area (Å²) in [7, 11) is 0. The van der Waals surface area contributed by atoms with Gasteiger partial charge in [-0.1, -0.05) is 20.8 Å². The zero-order valence-electron chi connectivity index (χ0n) is 11.3. The van der Waals surface area contributed by atoms with Crippen molar-refractivity contribution >= 4 is 0 Å². The Kier molecular flexibility index (Phi) is 3.83. The van der Waals surface area contributed by atoms with Crippen LogP contribution in [0.15, 0.2) is 0 Å². The molecule has 0 N–H and O–H groups in total. The molecule has 1 saturated heterocycles. The highest BCUT2D eigenvalue weighted by Crippen LogP contribution is 2.32. The topological polar surface area (TPSA) is 12.5 Å². The second-order valence-corrected chi connectivity index (χ2v) is 6.65. The van der Waals surface area contributed by atoms with Gasteiger partial charge in [0, 0.05) is 24.7 Å². The van der Waals surface area contributed by atoms with Crippen LogP contribution in [-0.2, 0) is 4.74 Å². The molecule has 90 valence electrons. The van der Waals surface area contributed by atoms with E-state index in [9.17, 15) is 0 Å². The van der Waals surface area contributed by atoms with Crippen molar-refractivity contribution in [2.24, 2.45) is 5.41 Å². The summed E-state index contributed by atoms with van der Waals surface area (Å²) in [6.07, 6.45) is 1.15. The summed E-state index contributed by atoms with van der Waals surface area (Å²) in [5, 5.41) is 0. The minimum atomic E-state index is 0.242. The minimum absolute atomic E-state index is 0.242. The van der Waals surface area contributed by atoms with Crippen molar-refractivity contribution in [3.63, 3.8) is 0 Å². The lowest BCUT2D eigenvalue weighted by atomic mass is 9.82. The van der Waals surface area contributed by atoms with Crippen molar-refractivity contribution in [2.75, 3.05) is 19.8 Å². The fraction of sp³-hybridized carbons (Fsp3) is 1.00. The lowest BCUT2D eigenvalue weighted by Crippen LogP contribution is -2.53. The van der Waals surface area contributed by atoms with Crippen molar-refractivity contribution < 1.29 is 4.74 Å². The Labute approximate surface area is 95.0 Å². The van der Waals surface area contributed by atoms with E-state index in [0.29, 0.717) is 11.5 Å². The second-order valence-electron chi connectivity index (χ2n) is 6.65. The number of hydrogen-bond acceptors (Lipinski definition) is 2. The number of ether oxygens (including phenoxy) is 1. The zero-order valence-corrected chi connectivity index (χ0v) is 11.3. The highest BCUT2D eigenvalue weighted by atomic mass is 16.5. The minimum Gasteiger partial charge on any atom is -0.380 e. The fourth-order valence-electron chi connectivity index (χ4n) is 2.48. The summed E-state index contributed by atoms with van der Waals surface area (Å²) in [4.78, 5) is 2.61. The van der Waals surface area contributed by atoms with Gasteiger partial charge in [0.25, 0.3) is 0 Å². The van der Waals surface area contributed by atoms with Crippen LogP contribution in [0.5, 0.6) is 0 Å². The SMILES string of the molecule is CC(C)(C)[C@H]1CCOCCN1C(C)(C)C. The van der Waals surface area contributed by atoms with E-state index in [2.05, 4.69) is 46.4 Å². The van der Waals surface area contributed by atoms with Crippen LogP contribution in [0.25, 0.3) is 0 Å². The van der Waals surface area contributed by atoms with E-state index in [4.69, 9.17) is 4.74 Å². The maximum absolute atomic E-state index is 5.60. The molecule has 2 heteroatoms. The fourth-order valence-corrected chi connectivity index (χ4v) is 2.48. The van der Waals surface area contributed by atoms with Crippen LogP contribution in [-0.4, -0.2) is 36.2 Å². The molecule has 0 aliphatic carbocycles. The summed E-state index contributed by atoms with van der Waals surface area (Å²) < 4.78 is 5.60. The van der Waals surface area contributed by atoms with Crippen LogP contribution < -0.4 is 0 Å². The molecule has 0 radical (unpaired) electrons. The molecular formula is C13H27NO. The van der Waals surface area contributed by atoms with Crippen molar-refractivity contribution in [2.45, 2.75) is 59.5 Å².